The highest BCUT2D eigenvalue weighted by atomic mass is 16.3. The second-order valence-corrected chi connectivity index (χ2v) is 6.94. The Morgan fingerprint density at radius 1 is 1.44 bits per heavy atom. The SMILES string of the molecule is CC1=CCC2[C@H]3[C@H](C(C)C)[C@H](O)C[C@]2(C)[C@@H]13. The lowest BCUT2D eigenvalue weighted by Gasteiger charge is -2.71. The first kappa shape index (κ1) is 10.8. The van der Waals surface area contributed by atoms with E-state index in [1.807, 2.05) is 0 Å². The number of hydrogen-bond donors (Lipinski definition) is 1. The summed E-state index contributed by atoms with van der Waals surface area (Å²) in [6, 6.07) is 0. The highest BCUT2D eigenvalue weighted by Gasteiger charge is 2.67. The lowest BCUT2D eigenvalue weighted by molar-refractivity contribution is -0.224. The lowest BCUT2D eigenvalue weighted by Crippen LogP contribution is -2.67. The molecule has 4 rings (SSSR count). The summed E-state index contributed by atoms with van der Waals surface area (Å²) in [5, 5.41) is 10.3. The summed E-state index contributed by atoms with van der Waals surface area (Å²) in [6.45, 7) is 9.28. The summed E-state index contributed by atoms with van der Waals surface area (Å²) in [6.07, 6.45) is 4.70. The molecule has 1 nitrogen and oxygen atoms in total. The minimum Gasteiger partial charge on any atom is -0.393 e. The van der Waals surface area contributed by atoms with Crippen molar-refractivity contribution in [1.82, 2.24) is 0 Å². The Labute approximate surface area is 98.9 Å². The van der Waals surface area contributed by atoms with Crippen LogP contribution in [0.3, 0.4) is 0 Å². The maximum atomic E-state index is 10.3. The third kappa shape index (κ3) is 1.06. The second-order valence-electron chi connectivity index (χ2n) is 6.94. The zero-order valence-corrected chi connectivity index (χ0v) is 10.9. The average Bonchev–Trinajstić information content (AvgIpc) is 2.15. The molecule has 0 radical (unpaired) electrons. The molecule has 16 heavy (non-hydrogen) atoms. The first-order valence-electron chi connectivity index (χ1n) is 6.81. The fourth-order valence-corrected chi connectivity index (χ4v) is 5.41. The summed E-state index contributed by atoms with van der Waals surface area (Å²) in [4.78, 5) is 0. The van der Waals surface area contributed by atoms with E-state index < -0.39 is 0 Å². The van der Waals surface area contributed by atoms with Gasteiger partial charge in [-0.15, -0.1) is 0 Å². The van der Waals surface area contributed by atoms with Gasteiger partial charge in [-0.1, -0.05) is 32.4 Å². The minimum absolute atomic E-state index is 0.0478. The molecule has 2 saturated carbocycles. The zero-order valence-electron chi connectivity index (χ0n) is 10.9. The fourth-order valence-electron chi connectivity index (χ4n) is 5.41. The Morgan fingerprint density at radius 2 is 2.12 bits per heavy atom. The number of allylic oxidation sites excluding steroid dienone is 2. The highest BCUT2D eigenvalue weighted by molar-refractivity contribution is 5.29. The quantitative estimate of drug-likeness (QED) is 0.673. The van der Waals surface area contributed by atoms with E-state index in [0.717, 1.165) is 24.2 Å². The third-order valence-electron chi connectivity index (χ3n) is 5.90. The van der Waals surface area contributed by atoms with Gasteiger partial charge in [-0.05, 0) is 54.8 Å². The molecule has 6 atom stereocenters. The van der Waals surface area contributed by atoms with Crippen LogP contribution in [0.5, 0.6) is 0 Å². The maximum Gasteiger partial charge on any atom is 0.0579 e. The van der Waals surface area contributed by atoms with Gasteiger partial charge in [0.15, 0.2) is 0 Å². The third-order valence-corrected chi connectivity index (χ3v) is 5.90. The summed E-state index contributed by atoms with van der Waals surface area (Å²) >= 11 is 0. The van der Waals surface area contributed by atoms with Crippen molar-refractivity contribution in [2.75, 3.05) is 0 Å². The molecule has 0 amide bonds. The minimum atomic E-state index is -0.0478. The largest absolute Gasteiger partial charge is 0.393 e. The van der Waals surface area contributed by atoms with E-state index >= 15 is 0 Å². The smallest absolute Gasteiger partial charge is 0.0579 e. The fraction of sp³-hybridized carbons (Fsp3) is 0.867. The number of hydrogen-bond acceptors (Lipinski definition) is 1. The molecule has 4 aliphatic rings. The van der Waals surface area contributed by atoms with Gasteiger partial charge in [-0.3, -0.25) is 0 Å². The summed E-state index contributed by atoms with van der Waals surface area (Å²) in [7, 11) is 0. The Balaban J connectivity index is 1.98. The van der Waals surface area contributed by atoms with Crippen LogP contribution in [0.4, 0.5) is 0 Å². The van der Waals surface area contributed by atoms with Crippen molar-refractivity contribution in [3.63, 3.8) is 0 Å². The summed E-state index contributed by atoms with van der Waals surface area (Å²) < 4.78 is 0. The van der Waals surface area contributed by atoms with Crippen LogP contribution in [0, 0.1) is 35.0 Å². The number of aliphatic hydroxyl groups is 1. The van der Waals surface area contributed by atoms with E-state index in [1.165, 1.54) is 6.42 Å². The monoisotopic (exact) mass is 220 g/mol. The normalized spacial score (nSPS) is 54.6. The van der Waals surface area contributed by atoms with Crippen molar-refractivity contribution in [2.24, 2.45) is 35.0 Å². The van der Waals surface area contributed by atoms with Crippen molar-refractivity contribution in [3.05, 3.63) is 11.6 Å². The van der Waals surface area contributed by atoms with Crippen molar-refractivity contribution in [2.45, 2.75) is 46.6 Å². The molecule has 4 aliphatic carbocycles. The maximum absolute atomic E-state index is 10.3. The average molecular weight is 220 g/mol. The molecule has 1 N–H and O–H groups in total. The van der Waals surface area contributed by atoms with Gasteiger partial charge in [0.1, 0.15) is 0 Å². The Kier molecular flexibility index (Phi) is 2.12. The molecule has 0 heterocycles. The summed E-state index contributed by atoms with van der Waals surface area (Å²) in [5.41, 5.74) is 2.03. The van der Waals surface area contributed by atoms with Crippen LogP contribution in [0.2, 0.25) is 0 Å². The van der Waals surface area contributed by atoms with Gasteiger partial charge in [0.25, 0.3) is 0 Å². The van der Waals surface area contributed by atoms with Crippen molar-refractivity contribution in [3.8, 4) is 0 Å². The van der Waals surface area contributed by atoms with E-state index in [4.69, 9.17) is 0 Å². The van der Waals surface area contributed by atoms with Gasteiger partial charge in [-0.2, -0.15) is 0 Å². The van der Waals surface area contributed by atoms with Crippen LogP contribution < -0.4 is 0 Å². The molecule has 2 fully saturated rings. The van der Waals surface area contributed by atoms with Crippen LogP contribution in [0.1, 0.15) is 40.5 Å². The first-order chi connectivity index (χ1) is 7.47. The molecule has 0 aromatic heterocycles. The van der Waals surface area contributed by atoms with Crippen molar-refractivity contribution >= 4 is 0 Å². The van der Waals surface area contributed by atoms with Crippen LogP contribution >= 0.6 is 0 Å². The van der Waals surface area contributed by atoms with E-state index in [0.29, 0.717) is 17.3 Å². The molecule has 0 aromatic carbocycles. The van der Waals surface area contributed by atoms with Gasteiger partial charge in [-0.25, -0.2) is 0 Å². The van der Waals surface area contributed by atoms with Crippen molar-refractivity contribution in [1.29, 1.82) is 0 Å². The molecule has 0 saturated heterocycles. The van der Waals surface area contributed by atoms with Crippen molar-refractivity contribution < 1.29 is 5.11 Å². The molecule has 1 unspecified atom stereocenters. The molecule has 4 bridgehead atoms. The second kappa shape index (κ2) is 3.13. The number of fused-ring (bicyclic) bond motifs is 1. The molecule has 90 valence electrons. The van der Waals surface area contributed by atoms with E-state index in [1.54, 1.807) is 5.57 Å². The molecule has 1 heteroatoms. The molecule has 0 spiro atoms. The van der Waals surface area contributed by atoms with Crippen LogP contribution in [0.25, 0.3) is 0 Å². The van der Waals surface area contributed by atoms with E-state index in [-0.39, 0.29) is 6.10 Å². The molecular weight excluding hydrogens is 196 g/mol. The van der Waals surface area contributed by atoms with Gasteiger partial charge in [0.05, 0.1) is 6.10 Å². The number of rotatable bonds is 1. The zero-order chi connectivity index (χ0) is 11.7. The van der Waals surface area contributed by atoms with E-state index in [2.05, 4.69) is 33.8 Å². The molecule has 0 aliphatic heterocycles. The molecule has 0 aromatic rings. The Hall–Kier alpha value is -0.300. The Morgan fingerprint density at radius 3 is 2.69 bits per heavy atom. The van der Waals surface area contributed by atoms with Gasteiger partial charge in [0, 0.05) is 0 Å². The predicted octanol–water partition coefficient (Wildman–Crippen LogP) is 3.24. The van der Waals surface area contributed by atoms with E-state index in [9.17, 15) is 5.11 Å². The Bertz CT molecular complexity index is 343. The first-order valence-corrected chi connectivity index (χ1v) is 6.81. The van der Waals surface area contributed by atoms with Crippen LogP contribution in [-0.2, 0) is 0 Å². The van der Waals surface area contributed by atoms with Gasteiger partial charge >= 0.3 is 0 Å². The number of aliphatic hydroxyl groups excluding tert-OH is 1. The predicted molar refractivity (Wildman–Crippen MR) is 65.9 cm³/mol. The molecular formula is C15H24O. The summed E-state index contributed by atoms with van der Waals surface area (Å²) in [5.74, 6) is 3.58. The standard InChI is InChI=1S/C15H24O/c1-8(2)12-11(16)7-15(4)10-6-5-9(3)14(15)13(10)12/h5,8,10-14,16H,6-7H2,1-4H3/t10?,11-,12-,13+,14+,15+/m1/s1. The van der Waals surface area contributed by atoms with Crippen LogP contribution in [0.15, 0.2) is 11.6 Å². The highest BCUT2D eigenvalue weighted by Crippen LogP contribution is 2.71. The van der Waals surface area contributed by atoms with Crippen LogP contribution in [-0.4, -0.2) is 11.2 Å². The topological polar surface area (TPSA) is 20.2 Å². The van der Waals surface area contributed by atoms with Gasteiger partial charge < -0.3 is 5.11 Å². The van der Waals surface area contributed by atoms with Gasteiger partial charge in [0.2, 0.25) is 0 Å². The lowest BCUT2D eigenvalue weighted by atomic mass is 9.34.